The fourth-order valence-electron chi connectivity index (χ4n) is 1.74. The largest absolute Gasteiger partial charge is 0.362 e. The maximum atomic E-state index is 11.3. The van der Waals surface area contributed by atoms with Gasteiger partial charge in [0, 0.05) is 11.1 Å². The zero-order chi connectivity index (χ0) is 16.3. The molecular weight excluding hydrogens is 329 g/mol. The van der Waals surface area contributed by atoms with Crippen LogP contribution in [-0.4, -0.2) is 20.9 Å². The molecule has 0 radical (unpaired) electrons. The van der Waals surface area contributed by atoms with Crippen molar-refractivity contribution < 1.29 is 4.92 Å². The van der Waals surface area contributed by atoms with Crippen molar-refractivity contribution in [1.29, 1.82) is 0 Å². The minimum Gasteiger partial charge on any atom is -0.362 e. The molecule has 0 aliphatic heterocycles. The molecule has 1 heterocycles. The summed E-state index contributed by atoms with van der Waals surface area (Å²) in [5.41, 5.74) is 0.214. The summed E-state index contributed by atoms with van der Waals surface area (Å²) >= 11 is 11.9. The van der Waals surface area contributed by atoms with Gasteiger partial charge in [-0.05, 0) is 32.0 Å². The van der Waals surface area contributed by atoms with Crippen molar-refractivity contribution >= 4 is 46.2 Å². The maximum absolute atomic E-state index is 11.3. The van der Waals surface area contributed by atoms with Gasteiger partial charge in [-0.3, -0.25) is 10.1 Å². The Hall–Kier alpha value is -2.12. The number of nitrogens with zero attached hydrogens (tertiary/aromatic N) is 3. The molecule has 2 rings (SSSR count). The molecule has 0 atom stereocenters. The van der Waals surface area contributed by atoms with Crippen LogP contribution in [0.25, 0.3) is 0 Å². The Bertz CT molecular complexity index is 709. The van der Waals surface area contributed by atoms with E-state index in [9.17, 15) is 10.1 Å². The predicted octanol–water partition coefficient (Wildman–Crippen LogP) is 4.26. The summed E-state index contributed by atoms with van der Waals surface area (Å²) in [6.07, 6.45) is 1.24. The van der Waals surface area contributed by atoms with Gasteiger partial charge in [-0.15, -0.1) is 0 Å². The van der Waals surface area contributed by atoms with Crippen LogP contribution in [0.5, 0.6) is 0 Å². The van der Waals surface area contributed by atoms with Gasteiger partial charge in [0.2, 0.25) is 11.6 Å². The van der Waals surface area contributed by atoms with E-state index in [0.29, 0.717) is 15.7 Å². The van der Waals surface area contributed by atoms with Crippen LogP contribution < -0.4 is 10.6 Å². The first-order chi connectivity index (χ1) is 10.4. The van der Waals surface area contributed by atoms with Crippen molar-refractivity contribution in [2.24, 2.45) is 0 Å². The summed E-state index contributed by atoms with van der Waals surface area (Å²) in [6.45, 7) is 3.71. The second-order valence-corrected chi connectivity index (χ2v) is 5.57. The number of nitro groups is 1. The van der Waals surface area contributed by atoms with Crippen molar-refractivity contribution in [3.63, 3.8) is 0 Å². The lowest BCUT2D eigenvalue weighted by molar-refractivity contribution is -0.383. The van der Waals surface area contributed by atoms with Crippen LogP contribution in [0.4, 0.5) is 23.0 Å². The zero-order valence-electron chi connectivity index (χ0n) is 11.8. The van der Waals surface area contributed by atoms with Crippen LogP contribution in [0.1, 0.15) is 13.8 Å². The van der Waals surface area contributed by atoms with E-state index in [4.69, 9.17) is 23.2 Å². The van der Waals surface area contributed by atoms with Gasteiger partial charge < -0.3 is 10.6 Å². The highest BCUT2D eigenvalue weighted by Crippen LogP contribution is 2.34. The van der Waals surface area contributed by atoms with Gasteiger partial charge in [-0.2, -0.15) is 0 Å². The Labute approximate surface area is 136 Å². The molecule has 0 fully saturated rings. The van der Waals surface area contributed by atoms with E-state index in [-0.39, 0.29) is 23.4 Å². The van der Waals surface area contributed by atoms with Gasteiger partial charge >= 0.3 is 5.69 Å². The number of hydrogen-bond acceptors (Lipinski definition) is 6. The summed E-state index contributed by atoms with van der Waals surface area (Å²) in [5.74, 6) is 0.190. The first-order valence-corrected chi connectivity index (χ1v) is 7.12. The van der Waals surface area contributed by atoms with Gasteiger partial charge in [0.25, 0.3) is 0 Å². The monoisotopic (exact) mass is 341 g/mol. The molecule has 7 nitrogen and oxygen atoms in total. The SMILES string of the molecule is CC(C)Nc1ncnc(Nc2ccc(Cl)cc2Cl)c1[N+](=O)[O-]. The maximum Gasteiger partial charge on any atom is 0.353 e. The average Bonchev–Trinajstić information content (AvgIpc) is 2.41. The van der Waals surface area contributed by atoms with Crippen LogP contribution in [-0.2, 0) is 0 Å². The van der Waals surface area contributed by atoms with Crippen LogP contribution in [0, 0.1) is 10.1 Å². The number of rotatable bonds is 5. The number of anilines is 3. The number of aromatic nitrogens is 2. The topological polar surface area (TPSA) is 93.0 Å². The number of halogens is 2. The summed E-state index contributed by atoms with van der Waals surface area (Å²) in [6, 6.07) is 4.76. The molecule has 1 aromatic heterocycles. The summed E-state index contributed by atoms with van der Waals surface area (Å²) in [7, 11) is 0. The summed E-state index contributed by atoms with van der Waals surface area (Å²) < 4.78 is 0. The molecule has 22 heavy (non-hydrogen) atoms. The molecule has 0 aliphatic carbocycles. The van der Waals surface area contributed by atoms with E-state index < -0.39 is 4.92 Å². The molecule has 0 unspecified atom stereocenters. The van der Waals surface area contributed by atoms with Crippen LogP contribution in [0.3, 0.4) is 0 Å². The van der Waals surface area contributed by atoms with Crippen LogP contribution >= 0.6 is 23.2 Å². The van der Waals surface area contributed by atoms with E-state index in [1.54, 1.807) is 12.1 Å². The predicted molar refractivity (Wildman–Crippen MR) is 87.2 cm³/mol. The lowest BCUT2D eigenvalue weighted by Gasteiger charge is -2.12. The van der Waals surface area contributed by atoms with Gasteiger partial charge in [0.1, 0.15) is 6.33 Å². The first-order valence-electron chi connectivity index (χ1n) is 6.36. The van der Waals surface area contributed by atoms with Gasteiger partial charge in [-0.1, -0.05) is 23.2 Å². The average molecular weight is 342 g/mol. The molecule has 116 valence electrons. The van der Waals surface area contributed by atoms with E-state index in [0.717, 1.165) is 0 Å². The molecule has 9 heteroatoms. The third-order valence-electron chi connectivity index (χ3n) is 2.61. The molecule has 1 aromatic carbocycles. The molecule has 0 aliphatic rings. The summed E-state index contributed by atoms with van der Waals surface area (Å²) in [5, 5.41) is 17.9. The minimum atomic E-state index is -0.545. The standard InChI is InChI=1S/C13H13Cl2N5O2/c1-7(2)18-12-11(20(21)22)13(17-6-16-12)19-10-4-3-8(14)5-9(10)15/h3-7H,1-2H3,(H2,16,17,18,19). The Morgan fingerprint density at radius 3 is 2.50 bits per heavy atom. The highest BCUT2D eigenvalue weighted by Gasteiger charge is 2.24. The third kappa shape index (κ3) is 3.75. The van der Waals surface area contributed by atoms with E-state index in [2.05, 4.69) is 20.6 Å². The third-order valence-corrected chi connectivity index (χ3v) is 3.16. The fraction of sp³-hybridized carbons (Fsp3) is 0.231. The molecule has 0 bridgehead atoms. The second kappa shape index (κ2) is 6.76. The van der Waals surface area contributed by atoms with Gasteiger partial charge in [-0.25, -0.2) is 9.97 Å². The van der Waals surface area contributed by atoms with Crippen LogP contribution in [0.2, 0.25) is 10.0 Å². The normalized spacial score (nSPS) is 10.6. The lowest BCUT2D eigenvalue weighted by Crippen LogP contribution is -2.14. The van der Waals surface area contributed by atoms with Crippen molar-refractivity contribution in [3.05, 3.63) is 44.7 Å². The lowest BCUT2D eigenvalue weighted by atomic mass is 10.3. The smallest absolute Gasteiger partial charge is 0.353 e. The van der Waals surface area contributed by atoms with Crippen molar-refractivity contribution in [1.82, 2.24) is 9.97 Å². The Morgan fingerprint density at radius 2 is 1.91 bits per heavy atom. The molecular formula is C13H13Cl2N5O2. The van der Waals surface area contributed by atoms with Crippen molar-refractivity contribution in [2.45, 2.75) is 19.9 Å². The zero-order valence-corrected chi connectivity index (χ0v) is 13.3. The first kappa shape index (κ1) is 16.3. The Morgan fingerprint density at radius 1 is 1.23 bits per heavy atom. The highest BCUT2D eigenvalue weighted by atomic mass is 35.5. The number of benzene rings is 1. The molecule has 0 saturated carbocycles. The molecule has 0 saturated heterocycles. The van der Waals surface area contributed by atoms with Crippen molar-refractivity contribution in [2.75, 3.05) is 10.6 Å². The van der Waals surface area contributed by atoms with E-state index in [1.165, 1.54) is 12.4 Å². The van der Waals surface area contributed by atoms with E-state index >= 15 is 0 Å². The Balaban J connectivity index is 2.44. The second-order valence-electron chi connectivity index (χ2n) is 4.72. The number of nitrogens with one attached hydrogen (secondary N) is 2. The molecule has 0 spiro atoms. The number of hydrogen-bond donors (Lipinski definition) is 2. The molecule has 2 aromatic rings. The molecule has 0 amide bonds. The van der Waals surface area contributed by atoms with Gasteiger partial charge in [0.15, 0.2) is 0 Å². The molecule has 2 N–H and O–H groups in total. The minimum absolute atomic E-state index is 0.0134. The Kier molecular flexibility index (Phi) is 4.99. The summed E-state index contributed by atoms with van der Waals surface area (Å²) in [4.78, 5) is 18.7. The van der Waals surface area contributed by atoms with Crippen LogP contribution in [0.15, 0.2) is 24.5 Å². The quantitative estimate of drug-likeness (QED) is 0.623. The van der Waals surface area contributed by atoms with Gasteiger partial charge in [0.05, 0.1) is 15.6 Å². The van der Waals surface area contributed by atoms with Crippen molar-refractivity contribution in [3.8, 4) is 0 Å². The van der Waals surface area contributed by atoms with E-state index in [1.807, 2.05) is 13.8 Å². The fourth-order valence-corrected chi connectivity index (χ4v) is 2.20. The highest BCUT2D eigenvalue weighted by molar-refractivity contribution is 6.36.